The molecule has 0 aliphatic carbocycles. The Hall–Kier alpha value is -2.22. The summed E-state index contributed by atoms with van der Waals surface area (Å²) in [5.41, 5.74) is 3.11. The number of carbonyl (C=O) groups excluding carboxylic acids is 1. The van der Waals surface area contributed by atoms with Crippen molar-refractivity contribution in [1.29, 1.82) is 0 Å². The third-order valence-electron chi connectivity index (χ3n) is 6.62. The molecule has 4 rings (SSSR count). The lowest BCUT2D eigenvalue weighted by molar-refractivity contribution is -0.120. The summed E-state index contributed by atoms with van der Waals surface area (Å²) in [5, 5.41) is 3.01. The molecular formula is C25H33N3O3S. The van der Waals surface area contributed by atoms with Crippen molar-refractivity contribution in [1.82, 2.24) is 9.21 Å². The van der Waals surface area contributed by atoms with Gasteiger partial charge in [-0.05, 0) is 81.9 Å². The molecule has 0 atom stereocenters. The highest BCUT2D eigenvalue weighted by molar-refractivity contribution is 7.89. The number of benzene rings is 2. The highest BCUT2D eigenvalue weighted by atomic mass is 32.2. The first kappa shape index (κ1) is 23.0. The molecule has 1 amide bonds. The van der Waals surface area contributed by atoms with Gasteiger partial charge in [0.25, 0.3) is 0 Å². The number of nitrogens with zero attached hydrogens (tertiary/aromatic N) is 2. The Labute approximate surface area is 191 Å². The zero-order valence-corrected chi connectivity index (χ0v) is 19.6. The summed E-state index contributed by atoms with van der Waals surface area (Å²) in [6, 6.07) is 15.0. The van der Waals surface area contributed by atoms with Crippen LogP contribution in [0.5, 0.6) is 0 Å². The van der Waals surface area contributed by atoms with Crippen molar-refractivity contribution in [3.8, 4) is 0 Å². The van der Waals surface area contributed by atoms with Crippen molar-refractivity contribution >= 4 is 21.6 Å². The molecule has 0 spiro atoms. The fraction of sp³-hybridized carbons (Fsp3) is 0.480. The maximum absolute atomic E-state index is 12.9. The van der Waals surface area contributed by atoms with Gasteiger partial charge in [0.05, 0.1) is 4.90 Å². The van der Waals surface area contributed by atoms with Gasteiger partial charge in [-0.2, -0.15) is 4.31 Å². The van der Waals surface area contributed by atoms with Crippen molar-refractivity contribution < 1.29 is 13.2 Å². The van der Waals surface area contributed by atoms with Crippen LogP contribution in [0.2, 0.25) is 0 Å². The average Bonchev–Trinajstić information content (AvgIpc) is 3.33. The number of rotatable bonds is 7. The molecule has 0 bridgehead atoms. The lowest BCUT2D eigenvalue weighted by Crippen LogP contribution is -2.41. The van der Waals surface area contributed by atoms with Gasteiger partial charge in [-0.25, -0.2) is 8.42 Å². The van der Waals surface area contributed by atoms with E-state index in [2.05, 4.69) is 22.3 Å². The third kappa shape index (κ3) is 5.57. The zero-order valence-electron chi connectivity index (χ0n) is 18.8. The minimum Gasteiger partial charge on any atom is -0.326 e. The fourth-order valence-electron chi connectivity index (χ4n) is 4.51. The second kappa shape index (κ2) is 10.1. The number of sulfonamides is 1. The van der Waals surface area contributed by atoms with E-state index in [0.29, 0.717) is 30.8 Å². The van der Waals surface area contributed by atoms with Crippen molar-refractivity contribution in [2.24, 2.45) is 5.92 Å². The minimum atomic E-state index is -3.51. The molecule has 2 aliphatic rings. The molecule has 2 fully saturated rings. The molecule has 0 radical (unpaired) electrons. The van der Waals surface area contributed by atoms with Crippen LogP contribution in [0.3, 0.4) is 0 Å². The van der Waals surface area contributed by atoms with Crippen LogP contribution in [-0.4, -0.2) is 56.3 Å². The normalized spacial score (nSPS) is 18.7. The molecule has 7 heteroatoms. The maximum atomic E-state index is 12.9. The van der Waals surface area contributed by atoms with Gasteiger partial charge in [0.2, 0.25) is 15.9 Å². The van der Waals surface area contributed by atoms with Crippen LogP contribution >= 0.6 is 0 Å². The van der Waals surface area contributed by atoms with Crippen LogP contribution in [-0.2, 0) is 21.2 Å². The van der Waals surface area contributed by atoms with Crippen LogP contribution in [0.25, 0.3) is 0 Å². The summed E-state index contributed by atoms with van der Waals surface area (Å²) < 4.78 is 27.2. The van der Waals surface area contributed by atoms with Crippen LogP contribution in [0.1, 0.15) is 36.8 Å². The van der Waals surface area contributed by atoms with E-state index in [1.807, 2.05) is 31.2 Å². The van der Waals surface area contributed by atoms with E-state index in [4.69, 9.17) is 0 Å². The van der Waals surface area contributed by atoms with E-state index in [9.17, 15) is 13.2 Å². The summed E-state index contributed by atoms with van der Waals surface area (Å²) >= 11 is 0. The average molecular weight is 456 g/mol. The molecule has 0 saturated carbocycles. The number of amides is 1. The smallest absolute Gasteiger partial charge is 0.243 e. The van der Waals surface area contributed by atoms with E-state index in [1.165, 1.54) is 35.8 Å². The highest BCUT2D eigenvalue weighted by Crippen LogP contribution is 2.25. The van der Waals surface area contributed by atoms with Crippen molar-refractivity contribution in [3.63, 3.8) is 0 Å². The van der Waals surface area contributed by atoms with Gasteiger partial charge in [-0.15, -0.1) is 0 Å². The first-order chi connectivity index (χ1) is 15.4. The maximum Gasteiger partial charge on any atom is 0.243 e. The lowest BCUT2D eigenvalue weighted by Gasteiger charge is -2.30. The van der Waals surface area contributed by atoms with Crippen LogP contribution in [0, 0.1) is 12.8 Å². The Kier molecular flexibility index (Phi) is 7.28. The van der Waals surface area contributed by atoms with E-state index in [0.717, 1.165) is 24.2 Å². The van der Waals surface area contributed by atoms with Crippen LogP contribution in [0.4, 0.5) is 5.69 Å². The van der Waals surface area contributed by atoms with E-state index in [1.54, 1.807) is 12.1 Å². The molecule has 2 saturated heterocycles. The van der Waals surface area contributed by atoms with Crippen molar-refractivity contribution in [2.75, 3.05) is 38.0 Å². The third-order valence-corrected chi connectivity index (χ3v) is 8.53. The quantitative estimate of drug-likeness (QED) is 0.692. The molecule has 0 unspecified atom stereocenters. The topological polar surface area (TPSA) is 69.7 Å². The van der Waals surface area contributed by atoms with Crippen molar-refractivity contribution in [2.45, 2.75) is 43.9 Å². The largest absolute Gasteiger partial charge is 0.326 e. The second-order valence-electron chi connectivity index (χ2n) is 8.98. The van der Waals surface area contributed by atoms with Crippen molar-refractivity contribution in [3.05, 3.63) is 59.7 Å². The Bertz CT molecular complexity index is 1010. The Morgan fingerprint density at radius 1 is 0.938 bits per heavy atom. The zero-order chi connectivity index (χ0) is 22.6. The molecular weight excluding hydrogens is 422 g/mol. The standard InChI is InChI=1S/C25H33N3O3S/c1-20-4-10-24(11-5-20)32(30,31)28-18-13-22(14-19-28)25(29)26-23-8-6-21(7-9-23)12-17-27-15-2-3-16-27/h4-11,22H,2-3,12-19H2,1H3,(H,26,29). The predicted octanol–water partition coefficient (Wildman–Crippen LogP) is 3.67. The monoisotopic (exact) mass is 455 g/mol. The van der Waals surface area contributed by atoms with E-state index in [-0.39, 0.29) is 11.8 Å². The SMILES string of the molecule is Cc1ccc(S(=O)(=O)N2CCC(C(=O)Nc3ccc(CCN4CCCC4)cc3)CC2)cc1. The van der Waals surface area contributed by atoms with Gasteiger partial charge in [0.15, 0.2) is 0 Å². The Balaban J connectivity index is 1.26. The molecule has 1 N–H and O–H groups in total. The number of anilines is 1. The van der Waals surface area contributed by atoms with Gasteiger partial charge in [0, 0.05) is 31.2 Å². The minimum absolute atomic E-state index is 0.0257. The number of hydrogen-bond acceptors (Lipinski definition) is 4. The van der Waals surface area contributed by atoms with E-state index < -0.39 is 10.0 Å². The first-order valence-corrected chi connectivity index (χ1v) is 13.0. The molecule has 2 heterocycles. The predicted molar refractivity (Wildman–Crippen MR) is 127 cm³/mol. The van der Waals surface area contributed by atoms with Gasteiger partial charge >= 0.3 is 0 Å². The summed E-state index contributed by atoms with van der Waals surface area (Å²) in [6.07, 6.45) is 4.71. The number of aryl methyl sites for hydroxylation is 1. The number of nitrogens with one attached hydrogen (secondary N) is 1. The molecule has 172 valence electrons. The van der Waals surface area contributed by atoms with Crippen LogP contribution in [0.15, 0.2) is 53.4 Å². The summed E-state index contributed by atoms with van der Waals surface area (Å²) in [6.45, 7) is 6.17. The number of piperidine rings is 1. The number of carbonyl (C=O) groups is 1. The molecule has 2 aromatic carbocycles. The molecule has 6 nitrogen and oxygen atoms in total. The second-order valence-corrected chi connectivity index (χ2v) is 10.9. The first-order valence-electron chi connectivity index (χ1n) is 11.6. The fourth-order valence-corrected chi connectivity index (χ4v) is 5.98. The molecule has 2 aliphatic heterocycles. The molecule has 0 aromatic heterocycles. The number of likely N-dealkylation sites (tertiary alicyclic amines) is 1. The molecule has 2 aromatic rings. The Morgan fingerprint density at radius 3 is 2.19 bits per heavy atom. The number of hydrogen-bond donors (Lipinski definition) is 1. The lowest BCUT2D eigenvalue weighted by atomic mass is 9.97. The van der Waals surface area contributed by atoms with Gasteiger partial charge in [-0.1, -0.05) is 29.8 Å². The summed E-state index contributed by atoms with van der Waals surface area (Å²) in [7, 11) is -3.51. The summed E-state index contributed by atoms with van der Waals surface area (Å²) in [4.78, 5) is 15.5. The van der Waals surface area contributed by atoms with E-state index >= 15 is 0 Å². The van der Waals surface area contributed by atoms with Gasteiger partial charge < -0.3 is 10.2 Å². The summed E-state index contributed by atoms with van der Waals surface area (Å²) in [5.74, 6) is -0.198. The highest BCUT2D eigenvalue weighted by Gasteiger charge is 2.32. The van der Waals surface area contributed by atoms with Crippen LogP contribution < -0.4 is 5.32 Å². The van der Waals surface area contributed by atoms with Gasteiger partial charge in [0.1, 0.15) is 0 Å². The van der Waals surface area contributed by atoms with Gasteiger partial charge in [-0.3, -0.25) is 4.79 Å². The molecule has 32 heavy (non-hydrogen) atoms. The Morgan fingerprint density at radius 2 is 1.56 bits per heavy atom.